The molecule has 0 saturated carbocycles. The van der Waals surface area contributed by atoms with Crippen LogP contribution >= 0.6 is 0 Å². The Labute approximate surface area is 124 Å². The molecular formula is C16H20N2O3. The van der Waals surface area contributed by atoms with Crippen molar-refractivity contribution in [3.05, 3.63) is 41.6 Å². The number of carboxylic acids is 1. The van der Waals surface area contributed by atoms with Gasteiger partial charge in [0.1, 0.15) is 0 Å². The molecule has 2 rings (SSSR count). The molecule has 1 N–H and O–H groups in total. The Hall–Kier alpha value is -1.98. The number of methoxy groups -OCH3 is 1. The summed E-state index contributed by atoms with van der Waals surface area (Å²) in [4.78, 5) is 17.3. The molecule has 112 valence electrons. The summed E-state index contributed by atoms with van der Waals surface area (Å²) in [5.74, 6) is -0.833. The summed E-state index contributed by atoms with van der Waals surface area (Å²) in [5, 5.41) is 10.1. The summed E-state index contributed by atoms with van der Waals surface area (Å²) in [6.45, 7) is 3.68. The molecular weight excluding hydrogens is 268 g/mol. The first-order chi connectivity index (χ1) is 10.1. The standard InChI is InChI=1S/C16H20N2O3/c1-12-5-6-13(14-4-3-7-17-16(12)14)10-18(8-9-21-2)11-15(19)20/h3-7H,8-11H2,1-2H3,(H,19,20). The maximum absolute atomic E-state index is 11.0. The van der Waals surface area contributed by atoms with Crippen molar-refractivity contribution < 1.29 is 14.6 Å². The lowest BCUT2D eigenvalue weighted by Crippen LogP contribution is -2.32. The number of fused-ring (bicyclic) bond motifs is 1. The van der Waals surface area contributed by atoms with Gasteiger partial charge in [0, 0.05) is 31.8 Å². The van der Waals surface area contributed by atoms with E-state index in [0.29, 0.717) is 19.7 Å². The number of benzene rings is 1. The van der Waals surface area contributed by atoms with E-state index in [-0.39, 0.29) is 6.54 Å². The molecule has 5 nitrogen and oxygen atoms in total. The molecule has 1 heterocycles. The number of aromatic nitrogens is 1. The molecule has 5 heteroatoms. The minimum absolute atomic E-state index is 0.00100. The monoisotopic (exact) mass is 288 g/mol. The molecule has 0 bridgehead atoms. The molecule has 21 heavy (non-hydrogen) atoms. The van der Waals surface area contributed by atoms with Crippen molar-refractivity contribution in [2.24, 2.45) is 0 Å². The van der Waals surface area contributed by atoms with Gasteiger partial charge in [0.05, 0.1) is 18.7 Å². The van der Waals surface area contributed by atoms with Gasteiger partial charge in [0.15, 0.2) is 0 Å². The molecule has 0 atom stereocenters. The third-order valence-corrected chi connectivity index (χ3v) is 3.43. The number of pyridine rings is 1. The second kappa shape index (κ2) is 7.15. The first-order valence-corrected chi connectivity index (χ1v) is 6.88. The Morgan fingerprint density at radius 2 is 2.19 bits per heavy atom. The maximum atomic E-state index is 11.0. The van der Waals surface area contributed by atoms with Crippen LogP contribution in [0.5, 0.6) is 0 Å². The van der Waals surface area contributed by atoms with E-state index in [1.807, 2.05) is 36.1 Å². The molecule has 0 spiro atoms. The normalized spacial score (nSPS) is 11.2. The fourth-order valence-corrected chi connectivity index (χ4v) is 2.38. The van der Waals surface area contributed by atoms with Crippen LogP contribution in [0.2, 0.25) is 0 Å². The predicted molar refractivity (Wildman–Crippen MR) is 81.3 cm³/mol. The Kier molecular flexibility index (Phi) is 5.25. The van der Waals surface area contributed by atoms with Crippen LogP contribution in [0, 0.1) is 6.92 Å². The summed E-state index contributed by atoms with van der Waals surface area (Å²) in [7, 11) is 1.62. The largest absolute Gasteiger partial charge is 0.480 e. The number of carbonyl (C=O) groups is 1. The number of ether oxygens (including phenoxy) is 1. The quantitative estimate of drug-likeness (QED) is 0.845. The Morgan fingerprint density at radius 1 is 1.38 bits per heavy atom. The number of aliphatic carboxylic acids is 1. The highest BCUT2D eigenvalue weighted by Crippen LogP contribution is 2.21. The van der Waals surface area contributed by atoms with Gasteiger partial charge in [-0.1, -0.05) is 18.2 Å². The molecule has 0 saturated heterocycles. The highest BCUT2D eigenvalue weighted by Gasteiger charge is 2.12. The lowest BCUT2D eigenvalue weighted by molar-refractivity contribution is -0.138. The minimum Gasteiger partial charge on any atom is -0.480 e. The second-order valence-electron chi connectivity index (χ2n) is 5.04. The zero-order valence-electron chi connectivity index (χ0n) is 12.4. The van der Waals surface area contributed by atoms with Crippen molar-refractivity contribution in [2.75, 3.05) is 26.8 Å². The van der Waals surface area contributed by atoms with Crippen molar-refractivity contribution in [3.63, 3.8) is 0 Å². The zero-order valence-corrected chi connectivity index (χ0v) is 12.4. The van der Waals surface area contributed by atoms with Crippen LogP contribution in [0.1, 0.15) is 11.1 Å². The van der Waals surface area contributed by atoms with Gasteiger partial charge < -0.3 is 9.84 Å². The highest BCUT2D eigenvalue weighted by molar-refractivity contribution is 5.84. The molecule has 0 radical (unpaired) electrons. The maximum Gasteiger partial charge on any atom is 0.317 e. The van der Waals surface area contributed by atoms with E-state index in [2.05, 4.69) is 4.98 Å². The average molecular weight is 288 g/mol. The van der Waals surface area contributed by atoms with Crippen LogP contribution < -0.4 is 0 Å². The van der Waals surface area contributed by atoms with Crippen molar-refractivity contribution in [2.45, 2.75) is 13.5 Å². The Bertz CT molecular complexity index is 628. The van der Waals surface area contributed by atoms with Gasteiger partial charge in [-0.2, -0.15) is 0 Å². The van der Waals surface area contributed by atoms with Gasteiger partial charge in [-0.25, -0.2) is 0 Å². The molecule has 0 unspecified atom stereocenters. The number of hydrogen-bond donors (Lipinski definition) is 1. The zero-order chi connectivity index (χ0) is 15.2. The molecule has 2 aromatic rings. The van der Waals surface area contributed by atoms with Crippen molar-refractivity contribution in [1.29, 1.82) is 0 Å². The first-order valence-electron chi connectivity index (χ1n) is 6.88. The smallest absolute Gasteiger partial charge is 0.317 e. The lowest BCUT2D eigenvalue weighted by atomic mass is 10.0. The van der Waals surface area contributed by atoms with E-state index in [1.54, 1.807) is 13.3 Å². The average Bonchev–Trinajstić information content (AvgIpc) is 2.47. The fraction of sp³-hybridized carbons (Fsp3) is 0.375. The highest BCUT2D eigenvalue weighted by atomic mass is 16.5. The van der Waals surface area contributed by atoms with Crippen LogP contribution in [-0.2, 0) is 16.1 Å². The summed E-state index contributed by atoms with van der Waals surface area (Å²) < 4.78 is 5.05. The third-order valence-electron chi connectivity index (χ3n) is 3.43. The number of hydrogen-bond acceptors (Lipinski definition) is 4. The number of nitrogens with zero attached hydrogens (tertiary/aromatic N) is 2. The number of aryl methyl sites for hydroxylation is 1. The van der Waals surface area contributed by atoms with E-state index in [4.69, 9.17) is 9.84 Å². The van der Waals surface area contributed by atoms with Gasteiger partial charge in [0.25, 0.3) is 0 Å². The van der Waals surface area contributed by atoms with E-state index in [9.17, 15) is 4.79 Å². The van der Waals surface area contributed by atoms with Crippen molar-refractivity contribution in [3.8, 4) is 0 Å². The summed E-state index contributed by atoms with van der Waals surface area (Å²) in [6.07, 6.45) is 1.78. The SMILES string of the molecule is COCCN(CC(=O)O)Cc1ccc(C)c2ncccc12. The van der Waals surface area contributed by atoms with Gasteiger partial charge in [-0.3, -0.25) is 14.7 Å². The molecule has 1 aromatic heterocycles. The molecule has 0 aliphatic rings. The van der Waals surface area contributed by atoms with Gasteiger partial charge in [-0.05, 0) is 24.1 Å². The van der Waals surface area contributed by atoms with Crippen LogP contribution in [0.25, 0.3) is 10.9 Å². The first kappa shape index (κ1) is 15.4. The van der Waals surface area contributed by atoms with E-state index >= 15 is 0 Å². The Balaban J connectivity index is 2.27. The fourth-order valence-electron chi connectivity index (χ4n) is 2.38. The van der Waals surface area contributed by atoms with Crippen LogP contribution in [0.15, 0.2) is 30.5 Å². The van der Waals surface area contributed by atoms with Gasteiger partial charge >= 0.3 is 5.97 Å². The van der Waals surface area contributed by atoms with E-state index < -0.39 is 5.97 Å². The van der Waals surface area contributed by atoms with E-state index in [1.165, 1.54) is 0 Å². The summed E-state index contributed by atoms with van der Waals surface area (Å²) in [5.41, 5.74) is 3.18. The molecule has 0 amide bonds. The van der Waals surface area contributed by atoms with Crippen LogP contribution in [0.4, 0.5) is 0 Å². The molecule has 0 aliphatic carbocycles. The van der Waals surface area contributed by atoms with Gasteiger partial charge in [-0.15, -0.1) is 0 Å². The van der Waals surface area contributed by atoms with Crippen LogP contribution in [0.3, 0.4) is 0 Å². The van der Waals surface area contributed by atoms with Crippen molar-refractivity contribution >= 4 is 16.9 Å². The lowest BCUT2D eigenvalue weighted by Gasteiger charge is -2.21. The second-order valence-corrected chi connectivity index (χ2v) is 5.04. The minimum atomic E-state index is -0.833. The van der Waals surface area contributed by atoms with Gasteiger partial charge in [0.2, 0.25) is 0 Å². The van der Waals surface area contributed by atoms with Crippen LogP contribution in [-0.4, -0.2) is 47.8 Å². The number of rotatable bonds is 7. The molecule has 1 aromatic carbocycles. The summed E-state index contributed by atoms with van der Waals surface area (Å²) >= 11 is 0. The molecule has 0 fully saturated rings. The third kappa shape index (κ3) is 4.00. The van der Waals surface area contributed by atoms with E-state index in [0.717, 1.165) is 22.0 Å². The topological polar surface area (TPSA) is 62.7 Å². The van der Waals surface area contributed by atoms with Crippen molar-refractivity contribution in [1.82, 2.24) is 9.88 Å². The molecule has 0 aliphatic heterocycles. The number of carboxylic acid groups (broad SMARTS) is 1. The predicted octanol–water partition coefficient (Wildman–Crippen LogP) is 2.08. The Morgan fingerprint density at radius 3 is 2.90 bits per heavy atom. The summed E-state index contributed by atoms with van der Waals surface area (Å²) in [6, 6.07) is 8.00.